The zero-order valence-electron chi connectivity index (χ0n) is 8.02. The van der Waals surface area contributed by atoms with Crippen LogP contribution >= 0.6 is 11.3 Å². The molecule has 1 saturated carbocycles. The van der Waals surface area contributed by atoms with Crippen LogP contribution in [-0.4, -0.2) is 5.78 Å². The summed E-state index contributed by atoms with van der Waals surface area (Å²) < 4.78 is 37.0. The van der Waals surface area contributed by atoms with E-state index in [1.807, 2.05) is 0 Å². The van der Waals surface area contributed by atoms with Crippen LogP contribution in [0.15, 0.2) is 12.1 Å². The SMILES string of the molecule is CC(=O)C1(c2ccc(C(F)(F)F)s2)CC1. The molecule has 1 aromatic rings. The molecule has 1 aromatic heterocycles. The lowest BCUT2D eigenvalue weighted by molar-refractivity contribution is -0.134. The van der Waals surface area contributed by atoms with Crippen LogP contribution in [0.2, 0.25) is 0 Å². The van der Waals surface area contributed by atoms with Gasteiger partial charge in [0.25, 0.3) is 0 Å². The maximum Gasteiger partial charge on any atom is 0.425 e. The number of thiophene rings is 1. The van der Waals surface area contributed by atoms with Crippen LogP contribution in [0.3, 0.4) is 0 Å². The maximum absolute atomic E-state index is 12.3. The van der Waals surface area contributed by atoms with E-state index in [0.29, 0.717) is 29.1 Å². The highest BCUT2D eigenvalue weighted by Gasteiger charge is 2.50. The van der Waals surface area contributed by atoms with Gasteiger partial charge in [-0.3, -0.25) is 4.79 Å². The quantitative estimate of drug-likeness (QED) is 0.766. The Hall–Kier alpha value is -0.840. The number of hydrogen-bond donors (Lipinski definition) is 0. The van der Waals surface area contributed by atoms with Gasteiger partial charge in [-0.05, 0) is 31.9 Å². The zero-order chi connectivity index (χ0) is 11.3. The smallest absolute Gasteiger partial charge is 0.299 e. The van der Waals surface area contributed by atoms with E-state index in [1.54, 1.807) is 0 Å². The number of Topliss-reactive ketones (excluding diaryl/α,β-unsaturated/α-hetero) is 1. The van der Waals surface area contributed by atoms with Crippen molar-refractivity contribution in [1.82, 2.24) is 0 Å². The third-order valence-corrected chi connectivity index (χ3v) is 4.12. The van der Waals surface area contributed by atoms with Crippen molar-refractivity contribution in [2.75, 3.05) is 0 Å². The fourth-order valence-corrected chi connectivity index (χ4v) is 2.81. The molecule has 15 heavy (non-hydrogen) atoms. The first-order chi connectivity index (χ1) is 6.86. The third-order valence-electron chi connectivity index (χ3n) is 2.78. The van der Waals surface area contributed by atoms with E-state index in [4.69, 9.17) is 0 Å². The highest BCUT2D eigenvalue weighted by Crippen LogP contribution is 2.52. The molecule has 5 heteroatoms. The molecule has 1 fully saturated rings. The molecule has 0 aliphatic heterocycles. The van der Waals surface area contributed by atoms with Crippen molar-refractivity contribution in [1.29, 1.82) is 0 Å². The Morgan fingerprint density at radius 1 is 1.40 bits per heavy atom. The predicted octanol–water partition coefficient (Wildman–Crippen LogP) is 3.39. The summed E-state index contributed by atoms with van der Waals surface area (Å²) in [5, 5.41) is 0. The highest BCUT2D eigenvalue weighted by molar-refractivity contribution is 7.12. The summed E-state index contributed by atoms with van der Waals surface area (Å²) in [5.74, 6) is -0.0296. The van der Waals surface area contributed by atoms with Crippen LogP contribution in [0.4, 0.5) is 13.2 Å². The van der Waals surface area contributed by atoms with E-state index in [9.17, 15) is 18.0 Å². The largest absolute Gasteiger partial charge is 0.425 e. The molecular formula is C10H9F3OS. The number of carbonyl (C=O) groups excluding carboxylic acids is 1. The molecule has 0 radical (unpaired) electrons. The Labute approximate surface area is 88.9 Å². The van der Waals surface area contributed by atoms with E-state index in [0.717, 1.165) is 6.07 Å². The van der Waals surface area contributed by atoms with Gasteiger partial charge in [0, 0.05) is 4.88 Å². The van der Waals surface area contributed by atoms with Crippen LogP contribution in [0, 0.1) is 0 Å². The van der Waals surface area contributed by atoms with E-state index in [-0.39, 0.29) is 5.78 Å². The van der Waals surface area contributed by atoms with Crippen molar-refractivity contribution in [2.45, 2.75) is 31.4 Å². The minimum absolute atomic E-state index is 0.0296. The summed E-state index contributed by atoms with van der Waals surface area (Å²) in [6.07, 6.45) is -2.93. The average molecular weight is 234 g/mol. The summed E-state index contributed by atoms with van der Waals surface area (Å²) in [4.78, 5) is 11.3. The Morgan fingerprint density at radius 3 is 2.33 bits per heavy atom. The van der Waals surface area contributed by atoms with Crippen molar-refractivity contribution < 1.29 is 18.0 Å². The third kappa shape index (κ3) is 1.69. The van der Waals surface area contributed by atoms with Gasteiger partial charge in [0.15, 0.2) is 0 Å². The lowest BCUT2D eigenvalue weighted by atomic mass is 10.0. The number of hydrogen-bond acceptors (Lipinski definition) is 2. The molecule has 1 aliphatic carbocycles. The molecule has 0 N–H and O–H groups in total. The highest BCUT2D eigenvalue weighted by atomic mass is 32.1. The molecule has 0 aromatic carbocycles. The van der Waals surface area contributed by atoms with E-state index < -0.39 is 16.5 Å². The normalized spacial score (nSPS) is 18.9. The Bertz CT molecular complexity index is 401. The summed E-state index contributed by atoms with van der Waals surface area (Å²) >= 11 is 0.692. The molecule has 1 aliphatic rings. The summed E-state index contributed by atoms with van der Waals surface area (Å²) in [5.41, 5.74) is -0.589. The molecule has 0 atom stereocenters. The second kappa shape index (κ2) is 3.07. The molecule has 1 heterocycles. The van der Waals surface area contributed by atoms with Crippen LogP contribution in [0.5, 0.6) is 0 Å². The zero-order valence-corrected chi connectivity index (χ0v) is 8.84. The van der Waals surface area contributed by atoms with Crippen LogP contribution < -0.4 is 0 Å². The Morgan fingerprint density at radius 2 is 2.00 bits per heavy atom. The van der Waals surface area contributed by atoms with E-state index in [1.165, 1.54) is 13.0 Å². The molecule has 0 amide bonds. The summed E-state index contributed by atoms with van der Waals surface area (Å²) in [6.45, 7) is 1.44. The van der Waals surface area contributed by atoms with Gasteiger partial charge in [-0.25, -0.2) is 0 Å². The summed E-state index contributed by atoms with van der Waals surface area (Å²) in [6, 6.07) is 2.49. The fraction of sp³-hybridized carbons (Fsp3) is 0.500. The molecular weight excluding hydrogens is 225 g/mol. The second-order valence-electron chi connectivity index (χ2n) is 3.80. The van der Waals surface area contributed by atoms with Gasteiger partial charge >= 0.3 is 6.18 Å². The molecule has 0 bridgehead atoms. The lowest BCUT2D eigenvalue weighted by Crippen LogP contribution is -2.14. The van der Waals surface area contributed by atoms with Crippen molar-refractivity contribution in [2.24, 2.45) is 0 Å². The number of ketones is 1. The minimum Gasteiger partial charge on any atom is -0.299 e. The van der Waals surface area contributed by atoms with Gasteiger partial charge in [-0.2, -0.15) is 13.2 Å². The predicted molar refractivity (Wildman–Crippen MR) is 50.9 cm³/mol. The molecule has 2 rings (SSSR count). The maximum atomic E-state index is 12.3. The van der Waals surface area contributed by atoms with Gasteiger partial charge < -0.3 is 0 Å². The Kier molecular flexibility index (Phi) is 2.19. The van der Waals surface area contributed by atoms with Crippen LogP contribution in [-0.2, 0) is 16.4 Å². The number of carbonyl (C=O) groups is 1. The van der Waals surface area contributed by atoms with E-state index in [2.05, 4.69) is 0 Å². The Balaban J connectivity index is 2.33. The number of alkyl halides is 3. The minimum atomic E-state index is -4.30. The van der Waals surface area contributed by atoms with Gasteiger partial charge in [-0.1, -0.05) is 0 Å². The summed E-state index contributed by atoms with van der Waals surface area (Å²) in [7, 11) is 0. The van der Waals surface area contributed by atoms with Crippen LogP contribution in [0.1, 0.15) is 29.5 Å². The van der Waals surface area contributed by atoms with Crippen molar-refractivity contribution in [3.05, 3.63) is 21.9 Å². The lowest BCUT2D eigenvalue weighted by Gasteiger charge is -2.07. The fourth-order valence-electron chi connectivity index (χ4n) is 1.64. The number of halogens is 3. The topological polar surface area (TPSA) is 17.1 Å². The van der Waals surface area contributed by atoms with E-state index >= 15 is 0 Å². The van der Waals surface area contributed by atoms with Crippen molar-refractivity contribution >= 4 is 17.1 Å². The molecule has 1 nitrogen and oxygen atoms in total. The molecule has 0 saturated heterocycles. The van der Waals surface area contributed by atoms with Crippen molar-refractivity contribution in [3.8, 4) is 0 Å². The van der Waals surface area contributed by atoms with Crippen LogP contribution in [0.25, 0.3) is 0 Å². The molecule has 0 spiro atoms. The van der Waals surface area contributed by atoms with Gasteiger partial charge in [0.2, 0.25) is 0 Å². The number of rotatable bonds is 2. The standard InChI is InChI=1S/C10H9F3OS/c1-6(14)9(4-5-9)7-2-3-8(15-7)10(11,12)13/h2-3H,4-5H2,1H3. The molecule has 82 valence electrons. The second-order valence-corrected chi connectivity index (χ2v) is 4.88. The van der Waals surface area contributed by atoms with Crippen molar-refractivity contribution in [3.63, 3.8) is 0 Å². The molecule has 0 unspecified atom stereocenters. The average Bonchev–Trinajstić information content (AvgIpc) is 2.75. The monoisotopic (exact) mass is 234 g/mol. The first-order valence-electron chi connectivity index (χ1n) is 4.55. The first-order valence-corrected chi connectivity index (χ1v) is 5.36. The van der Waals surface area contributed by atoms with Gasteiger partial charge in [0.05, 0.1) is 5.41 Å². The van der Waals surface area contributed by atoms with Gasteiger partial charge in [0.1, 0.15) is 10.7 Å². The van der Waals surface area contributed by atoms with Gasteiger partial charge in [-0.15, -0.1) is 11.3 Å². The first kappa shape index (κ1) is 10.7.